The van der Waals surface area contributed by atoms with Gasteiger partial charge in [-0.25, -0.2) is 0 Å². The van der Waals surface area contributed by atoms with Gasteiger partial charge in [0.2, 0.25) is 5.75 Å². The second kappa shape index (κ2) is 9.46. The third kappa shape index (κ3) is 4.75. The van der Waals surface area contributed by atoms with Crippen LogP contribution in [0.3, 0.4) is 0 Å². The molecule has 6 heteroatoms. The summed E-state index contributed by atoms with van der Waals surface area (Å²) in [6.07, 6.45) is 1.87. The molecule has 0 unspecified atom stereocenters. The lowest BCUT2D eigenvalue weighted by Gasteiger charge is -2.32. The summed E-state index contributed by atoms with van der Waals surface area (Å²) in [6.45, 7) is 2.89. The molecule has 150 valence electrons. The van der Waals surface area contributed by atoms with E-state index in [0.29, 0.717) is 22.8 Å². The Morgan fingerprint density at radius 2 is 1.61 bits per heavy atom. The van der Waals surface area contributed by atoms with Crippen molar-refractivity contribution >= 4 is 5.91 Å². The fourth-order valence-corrected chi connectivity index (χ4v) is 3.56. The van der Waals surface area contributed by atoms with Gasteiger partial charge in [-0.15, -0.1) is 0 Å². The Bertz CT molecular complexity index is 761. The molecule has 3 rings (SSSR count). The first-order chi connectivity index (χ1) is 13.6. The monoisotopic (exact) mass is 384 g/mol. The Balaban J connectivity index is 1.58. The van der Waals surface area contributed by atoms with E-state index in [1.54, 1.807) is 33.5 Å². The van der Waals surface area contributed by atoms with Crippen LogP contribution in [0.15, 0.2) is 42.5 Å². The zero-order valence-corrected chi connectivity index (χ0v) is 16.7. The van der Waals surface area contributed by atoms with Crippen molar-refractivity contribution in [3.8, 4) is 17.2 Å². The molecule has 1 aliphatic rings. The highest BCUT2D eigenvalue weighted by molar-refractivity contribution is 5.95. The SMILES string of the molecule is COc1cc(C(=O)NC2CCN(Cc3ccccc3)CC2)cc(OC)c1OC. The minimum absolute atomic E-state index is 0.124. The molecular weight excluding hydrogens is 356 g/mol. The maximum absolute atomic E-state index is 12.7. The van der Waals surface area contributed by atoms with Crippen molar-refractivity contribution in [2.45, 2.75) is 25.4 Å². The zero-order valence-electron chi connectivity index (χ0n) is 16.7. The molecule has 6 nitrogen and oxygen atoms in total. The third-order valence-corrected chi connectivity index (χ3v) is 5.10. The average molecular weight is 384 g/mol. The molecule has 1 amide bonds. The smallest absolute Gasteiger partial charge is 0.251 e. The normalized spacial score (nSPS) is 15.1. The number of piperidine rings is 1. The Kier molecular flexibility index (Phi) is 6.76. The molecule has 0 saturated carbocycles. The summed E-state index contributed by atoms with van der Waals surface area (Å²) >= 11 is 0. The van der Waals surface area contributed by atoms with Crippen LogP contribution >= 0.6 is 0 Å². The molecule has 1 fully saturated rings. The van der Waals surface area contributed by atoms with Gasteiger partial charge in [0.1, 0.15) is 0 Å². The van der Waals surface area contributed by atoms with Crippen molar-refractivity contribution in [2.24, 2.45) is 0 Å². The number of nitrogens with one attached hydrogen (secondary N) is 1. The highest BCUT2D eigenvalue weighted by Gasteiger charge is 2.23. The zero-order chi connectivity index (χ0) is 19.9. The minimum atomic E-state index is -0.124. The van der Waals surface area contributed by atoms with Gasteiger partial charge in [0, 0.05) is 31.2 Å². The van der Waals surface area contributed by atoms with Crippen molar-refractivity contribution in [3.63, 3.8) is 0 Å². The fraction of sp³-hybridized carbons (Fsp3) is 0.409. The molecule has 0 bridgehead atoms. The van der Waals surface area contributed by atoms with E-state index >= 15 is 0 Å². The number of likely N-dealkylation sites (tertiary alicyclic amines) is 1. The fourth-order valence-electron chi connectivity index (χ4n) is 3.56. The summed E-state index contributed by atoms with van der Waals surface area (Å²) < 4.78 is 16.0. The molecule has 28 heavy (non-hydrogen) atoms. The first-order valence-electron chi connectivity index (χ1n) is 9.51. The van der Waals surface area contributed by atoms with Gasteiger partial charge in [-0.3, -0.25) is 9.69 Å². The number of ether oxygens (including phenoxy) is 3. The number of amides is 1. The summed E-state index contributed by atoms with van der Waals surface area (Å²) in [7, 11) is 4.63. The summed E-state index contributed by atoms with van der Waals surface area (Å²) in [5.41, 5.74) is 1.82. The Morgan fingerprint density at radius 3 is 2.14 bits per heavy atom. The van der Waals surface area contributed by atoms with Gasteiger partial charge in [0.25, 0.3) is 5.91 Å². The maximum Gasteiger partial charge on any atom is 0.251 e. The van der Waals surface area contributed by atoms with E-state index in [-0.39, 0.29) is 11.9 Å². The van der Waals surface area contributed by atoms with Crippen LogP contribution in [-0.2, 0) is 6.54 Å². The molecule has 1 aliphatic heterocycles. The lowest BCUT2D eigenvalue weighted by Crippen LogP contribution is -2.44. The predicted octanol–water partition coefficient (Wildman–Crippen LogP) is 3.11. The number of rotatable bonds is 7. The van der Waals surface area contributed by atoms with Crippen LogP contribution in [0.1, 0.15) is 28.8 Å². The van der Waals surface area contributed by atoms with Crippen LogP contribution in [0, 0.1) is 0 Å². The van der Waals surface area contributed by atoms with Gasteiger partial charge in [0.15, 0.2) is 11.5 Å². The van der Waals surface area contributed by atoms with Crippen molar-refractivity contribution in [3.05, 3.63) is 53.6 Å². The van der Waals surface area contributed by atoms with Crippen LogP contribution in [0.5, 0.6) is 17.2 Å². The van der Waals surface area contributed by atoms with E-state index in [9.17, 15) is 4.79 Å². The second-order valence-electron chi connectivity index (χ2n) is 6.92. The van der Waals surface area contributed by atoms with Crippen LogP contribution in [0.25, 0.3) is 0 Å². The standard InChI is InChI=1S/C22H28N2O4/c1-26-19-13-17(14-20(27-2)21(19)28-3)22(25)23-18-9-11-24(12-10-18)15-16-7-5-4-6-8-16/h4-8,13-14,18H,9-12,15H2,1-3H3,(H,23,25). The molecule has 2 aromatic carbocycles. The van der Waals surface area contributed by atoms with Gasteiger partial charge in [-0.2, -0.15) is 0 Å². The summed E-state index contributed by atoms with van der Waals surface area (Å²) in [6, 6.07) is 14.0. The third-order valence-electron chi connectivity index (χ3n) is 5.10. The second-order valence-corrected chi connectivity index (χ2v) is 6.92. The van der Waals surface area contributed by atoms with Crippen molar-refractivity contribution < 1.29 is 19.0 Å². The lowest BCUT2D eigenvalue weighted by molar-refractivity contribution is 0.0908. The number of hydrogen-bond acceptors (Lipinski definition) is 5. The number of benzene rings is 2. The van der Waals surface area contributed by atoms with Crippen LogP contribution < -0.4 is 19.5 Å². The summed E-state index contributed by atoms with van der Waals surface area (Å²) in [5, 5.41) is 3.14. The quantitative estimate of drug-likeness (QED) is 0.795. The van der Waals surface area contributed by atoms with Gasteiger partial charge < -0.3 is 19.5 Å². The van der Waals surface area contributed by atoms with Crippen LogP contribution in [0.4, 0.5) is 0 Å². The van der Waals surface area contributed by atoms with E-state index in [0.717, 1.165) is 32.5 Å². The number of carbonyl (C=O) groups is 1. The predicted molar refractivity (Wildman–Crippen MR) is 108 cm³/mol. The van der Waals surface area contributed by atoms with E-state index in [1.807, 2.05) is 6.07 Å². The number of methoxy groups -OCH3 is 3. The molecule has 1 N–H and O–H groups in total. The molecule has 0 radical (unpaired) electrons. The van der Waals surface area contributed by atoms with E-state index < -0.39 is 0 Å². The number of carbonyl (C=O) groups excluding carboxylic acids is 1. The molecule has 0 aliphatic carbocycles. The minimum Gasteiger partial charge on any atom is -0.493 e. The Morgan fingerprint density at radius 1 is 1.00 bits per heavy atom. The van der Waals surface area contributed by atoms with E-state index in [4.69, 9.17) is 14.2 Å². The number of hydrogen-bond donors (Lipinski definition) is 1. The van der Waals surface area contributed by atoms with Crippen molar-refractivity contribution in [1.82, 2.24) is 10.2 Å². The first-order valence-corrected chi connectivity index (χ1v) is 9.51. The molecule has 0 aromatic heterocycles. The van der Waals surface area contributed by atoms with Crippen molar-refractivity contribution in [2.75, 3.05) is 34.4 Å². The number of nitrogens with zero attached hydrogens (tertiary/aromatic N) is 1. The van der Waals surface area contributed by atoms with Crippen molar-refractivity contribution in [1.29, 1.82) is 0 Å². The molecule has 1 heterocycles. The first kappa shape index (κ1) is 20.0. The van der Waals surface area contributed by atoms with Gasteiger partial charge in [-0.1, -0.05) is 30.3 Å². The summed E-state index contributed by atoms with van der Waals surface area (Å²) in [5.74, 6) is 1.31. The maximum atomic E-state index is 12.7. The molecule has 2 aromatic rings. The van der Waals surface area contributed by atoms with E-state index in [2.05, 4.69) is 34.5 Å². The highest BCUT2D eigenvalue weighted by atomic mass is 16.5. The Hall–Kier alpha value is -2.73. The Labute approximate surface area is 166 Å². The highest BCUT2D eigenvalue weighted by Crippen LogP contribution is 2.38. The topological polar surface area (TPSA) is 60.0 Å². The van der Waals surface area contributed by atoms with Gasteiger partial charge in [-0.05, 0) is 30.5 Å². The lowest BCUT2D eigenvalue weighted by atomic mass is 10.0. The summed E-state index contributed by atoms with van der Waals surface area (Å²) in [4.78, 5) is 15.2. The molecule has 0 atom stereocenters. The molecular formula is C22H28N2O4. The largest absolute Gasteiger partial charge is 0.493 e. The molecule has 0 spiro atoms. The van der Waals surface area contributed by atoms with Crippen LogP contribution in [-0.4, -0.2) is 51.3 Å². The average Bonchev–Trinajstić information content (AvgIpc) is 2.74. The van der Waals surface area contributed by atoms with E-state index in [1.165, 1.54) is 5.56 Å². The van der Waals surface area contributed by atoms with Gasteiger partial charge in [0.05, 0.1) is 21.3 Å². The molecule has 1 saturated heterocycles. The van der Waals surface area contributed by atoms with Crippen LogP contribution in [0.2, 0.25) is 0 Å². The van der Waals surface area contributed by atoms with Gasteiger partial charge >= 0.3 is 0 Å².